The fourth-order valence-electron chi connectivity index (χ4n) is 2.52. The van der Waals surface area contributed by atoms with Gasteiger partial charge in [-0.1, -0.05) is 6.07 Å². The highest BCUT2D eigenvalue weighted by Gasteiger charge is 2.40. The summed E-state index contributed by atoms with van der Waals surface area (Å²) in [6.07, 6.45) is -2.62. The summed E-state index contributed by atoms with van der Waals surface area (Å²) in [5.41, 5.74) is 1.93. The zero-order valence-electron chi connectivity index (χ0n) is 10.7. The van der Waals surface area contributed by atoms with E-state index in [0.717, 1.165) is 30.5 Å². The summed E-state index contributed by atoms with van der Waals surface area (Å²) in [7, 11) is 1.60. The number of halogens is 3. The summed E-state index contributed by atoms with van der Waals surface area (Å²) in [4.78, 5) is 5.83. The summed E-state index contributed by atoms with van der Waals surface area (Å²) in [5.74, 6) is 0. The molecule has 1 aliphatic carbocycles. The first-order valence-corrected chi connectivity index (χ1v) is 6.28. The lowest BCUT2D eigenvalue weighted by atomic mass is 9.91. The Morgan fingerprint density at radius 2 is 2.26 bits per heavy atom. The summed E-state index contributed by atoms with van der Waals surface area (Å²) >= 11 is 0. The Morgan fingerprint density at radius 3 is 2.95 bits per heavy atom. The van der Waals surface area contributed by atoms with Gasteiger partial charge in [-0.2, -0.15) is 13.2 Å². The quantitative estimate of drug-likeness (QED) is 0.919. The van der Waals surface area contributed by atoms with Crippen molar-refractivity contribution in [3.05, 3.63) is 29.6 Å². The Labute approximate surface area is 110 Å². The molecule has 0 radical (unpaired) electrons. The molecule has 1 aromatic heterocycles. The molecule has 0 aliphatic heterocycles. The minimum Gasteiger partial charge on any atom is -0.382 e. The second-order valence-corrected chi connectivity index (χ2v) is 4.95. The molecule has 0 fully saturated rings. The van der Waals surface area contributed by atoms with E-state index < -0.39 is 18.8 Å². The first-order chi connectivity index (χ1) is 8.89. The Bertz CT molecular complexity index is 436. The molecule has 1 aromatic rings. The van der Waals surface area contributed by atoms with Crippen molar-refractivity contribution in [3.63, 3.8) is 0 Å². The number of aliphatic hydroxyl groups is 1. The van der Waals surface area contributed by atoms with Crippen molar-refractivity contribution < 1.29 is 18.3 Å². The smallest absolute Gasteiger partial charge is 0.382 e. The number of nitrogens with zero attached hydrogens (tertiary/aromatic N) is 2. The SMILES string of the molecule is CN(C[C@H](O)C(F)(F)F)[C@@H]1CCCc2cccnc21. The second kappa shape index (κ2) is 5.46. The molecule has 0 bridgehead atoms. The van der Waals surface area contributed by atoms with Gasteiger partial charge in [0.2, 0.25) is 0 Å². The van der Waals surface area contributed by atoms with Crippen LogP contribution in [0.15, 0.2) is 18.3 Å². The number of hydrogen-bond donors (Lipinski definition) is 1. The number of aliphatic hydroxyl groups excluding tert-OH is 1. The molecule has 0 spiro atoms. The van der Waals surface area contributed by atoms with Gasteiger partial charge in [0.1, 0.15) is 0 Å². The molecule has 0 unspecified atom stereocenters. The highest BCUT2D eigenvalue weighted by atomic mass is 19.4. The van der Waals surface area contributed by atoms with E-state index in [1.54, 1.807) is 18.1 Å². The molecule has 2 rings (SSSR count). The molecule has 1 heterocycles. The predicted molar refractivity (Wildman–Crippen MR) is 64.6 cm³/mol. The summed E-state index contributed by atoms with van der Waals surface area (Å²) in [6, 6.07) is 3.65. The average Bonchev–Trinajstić information content (AvgIpc) is 2.36. The van der Waals surface area contributed by atoms with Crippen LogP contribution in [0.4, 0.5) is 13.2 Å². The number of aromatic nitrogens is 1. The van der Waals surface area contributed by atoms with E-state index in [4.69, 9.17) is 5.11 Å². The van der Waals surface area contributed by atoms with Gasteiger partial charge in [-0.3, -0.25) is 9.88 Å². The zero-order chi connectivity index (χ0) is 14.0. The van der Waals surface area contributed by atoms with Gasteiger partial charge >= 0.3 is 6.18 Å². The molecule has 0 amide bonds. The number of pyridine rings is 1. The maximum Gasteiger partial charge on any atom is 0.415 e. The van der Waals surface area contributed by atoms with Crippen molar-refractivity contribution >= 4 is 0 Å². The molecule has 0 saturated carbocycles. The molecular formula is C13H17F3N2O. The van der Waals surface area contributed by atoms with Crippen LogP contribution in [0.2, 0.25) is 0 Å². The van der Waals surface area contributed by atoms with Crippen molar-refractivity contribution in [3.8, 4) is 0 Å². The third kappa shape index (κ3) is 3.25. The number of alkyl halides is 3. The number of fused-ring (bicyclic) bond motifs is 1. The predicted octanol–water partition coefficient (Wildman–Crippen LogP) is 2.31. The number of hydrogen-bond acceptors (Lipinski definition) is 3. The second-order valence-electron chi connectivity index (χ2n) is 4.95. The van der Waals surface area contributed by atoms with E-state index in [2.05, 4.69) is 4.98 Å². The maximum absolute atomic E-state index is 12.4. The van der Waals surface area contributed by atoms with Gasteiger partial charge in [0.25, 0.3) is 0 Å². The van der Waals surface area contributed by atoms with Crippen LogP contribution >= 0.6 is 0 Å². The van der Waals surface area contributed by atoms with Crippen LogP contribution in [0, 0.1) is 0 Å². The monoisotopic (exact) mass is 274 g/mol. The van der Waals surface area contributed by atoms with E-state index in [1.165, 1.54) is 0 Å². The van der Waals surface area contributed by atoms with Gasteiger partial charge in [0, 0.05) is 12.7 Å². The minimum atomic E-state index is -4.57. The Morgan fingerprint density at radius 1 is 1.53 bits per heavy atom. The molecule has 6 heteroatoms. The number of rotatable bonds is 3. The van der Waals surface area contributed by atoms with E-state index in [-0.39, 0.29) is 6.04 Å². The van der Waals surface area contributed by atoms with E-state index in [0.29, 0.717) is 0 Å². The molecular weight excluding hydrogens is 257 g/mol. The highest BCUT2D eigenvalue weighted by Crippen LogP contribution is 2.32. The highest BCUT2D eigenvalue weighted by molar-refractivity contribution is 5.25. The van der Waals surface area contributed by atoms with E-state index in [1.807, 2.05) is 12.1 Å². The normalized spacial score (nSPS) is 21.3. The van der Waals surface area contributed by atoms with Gasteiger partial charge in [0.05, 0.1) is 11.7 Å². The van der Waals surface area contributed by atoms with Crippen LogP contribution < -0.4 is 0 Å². The van der Waals surface area contributed by atoms with Crippen LogP contribution in [0.25, 0.3) is 0 Å². The topological polar surface area (TPSA) is 36.4 Å². The molecule has 0 aromatic carbocycles. The first kappa shape index (κ1) is 14.3. The third-order valence-electron chi connectivity index (χ3n) is 3.54. The average molecular weight is 274 g/mol. The van der Waals surface area contributed by atoms with Crippen molar-refractivity contribution in [2.75, 3.05) is 13.6 Å². The third-order valence-corrected chi connectivity index (χ3v) is 3.54. The lowest BCUT2D eigenvalue weighted by molar-refractivity contribution is -0.208. The Kier molecular flexibility index (Phi) is 4.10. The lowest BCUT2D eigenvalue weighted by Gasteiger charge is -2.33. The molecule has 0 saturated heterocycles. The molecule has 19 heavy (non-hydrogen) atoms. The van der Waals surface area contributed by atoms with Gasteiger partial charge in [0.15, 0.2) is 6.10 Å². The van der Waals surface area contributed by atoms with Gasteiger partial charge in [-0.05, 0) is 37.9 Å². The largest absolute Gasteiger partial charge is 0.415 e. The number of likely N-dealkylation sites (N-methyl/N-ethyl adjacent to an activating group) is 1. The standard InChI is InChI=1S/C13H17F3N2O/c1-18(8-11(19)13(14,15)16)10-6-2-4-9-5-3-7-17-12(9)10/h3,5,7,10-11,19H,2,4,6,8H2,1H3/t10-,11+/m1/s1. The van der Waals surface area contributed by atoms with Crippen LogP contribution in [0.1, 0.15) is 30.1 Å². The molecule has 106 valence electrons. The molecule has 1 aliphatic rings. The molecule has 3 nitrogen and oxygen atoms in total. The van der Waals surface area contributed by atoms with Crippen molar-refractivity contribution in [2.45, 2.75) is 37.6 Å². The summed E-state index contributed by atoms with van der Waals surface area (Å²) in [5, 5.41) is 9.15. The van der Waals surface area contributed by atoms with Crippen LogP contribution in [-0.2, 0) is 6.42 Å². The van der Waals surface area contributed by atoms with Gasteiger partial charge < -0.3 is 5.11 Å². The van der Waals surface area contributed by atoms with Crippen LogP contribution in [0.5, 0.6) is 0 Å². The van der Waals surface area contributed by atoms with Crippen molar-refractivity contribution in [1.29, 1.82) is 0 Å². The van der Waals surface area contributed by atoms with Crippen LogP contribution in [-0.4, -0.2) is 40.9 Å². The lowest BCUT2D eigenvalue weighted by Crippen LogP contribution is -2.41. The van der Waals surface area contributed by atoms with Crippen molar-refractivity contribution in [1.82, 2.24) is 9.88 Å². The molecule has 1 N–H and O–H groups in total. The van der Waals surface area contributed by atoms with E-state index in [9.17, 15) is 13.2 Å². The van der Waals surface area contributed by atoms with Crippen LogP contribution in [0.3, 0.4) is 0 Å². The van der Waals surface area contributed by atoms with E-state index >= 15 is 0 Å². The summed E-state index contributed by atoms with van der Waals surface area (Å²) < 4.78 is 37.1. The van der Waals surface area contributed by atoms with Crippen molar-refractivity contribution in [2.24, 2.45) is 0 Å². The number of aryl methyl sites for hydroxylation is 1. The first-order valence-electron chi connectivity index (χ1n) is 6.28. The maximum atomic E-state index is 12.4. The molecule has 2 atom stereocenters. The Balaban J connectivity index is 2.11. The fraction of sp³-hybridized carbons (Fsp3) is 0.615. The zero-order valence-corrected chi connectivity index (χ0v) is 10.7. The summed E-state index contributed by atoms with van der Waals surface area (Å²) in [6.45, 7) is -0.426. The van der Waals surface area contributed by atoms with Gasteiger partial charge in [-0.25, -0.2) is 0 Å². The minimum absolute atomic E-state index is 0.151. The van der Waals surface area contributed by atoms with Gasteiger partial charge in [-0.15, -0.1) is 0 Å². The fourth-order valence-corrected chi connectivity index (χ4v) is 2.52. The Hall–Kier alpha value is -1.14.